The van der Waals surface area contributed by atoms with E-state index in [1.54, 1.807) is 12.1 Å². The maximum Gasteiger partial charge on any atom is 0.387 e. The van der Waals surface area contributed by atoms with Crippen molar-refractivity contribution in [1.29, 1.82) is 0 Å². The summed E-state index contributed by atoms with van der Waals surface area (Å²) >= 11 is 0. The van der Waals surface area contributed by atoms with E-state index in [0.717, 1.165) is 18.4 Å². The third-order valence-electron chi connectivity index (χ3n) is 4.49. The summed E-state index contributed by atoms with van der Waals surface area (Å²) in [6, 6.07) is 7.52. The minimum atomic E-state index is -2.77. The monoisotopic (exact) mass is 298 g/mol. The summed E-state index contributed by atoms with van der Waals surface area (Å²) in [6.07, 6.45) is 4.34. The second kappa shape index (κ2) is 6.71. The van der Waals surface area contributed by atoms with Gasteiger partial charge in [0.1, 0.15) is 5.75 Å². The van der Waals surface area contributed by atoms with Crippen molar-refractivity contribution in [2.75, 3.05) is 13.6 Å². The Morgan fingerprint density at radius 1 is 1.33 bits per heavy atom. The molecule has 118 valence electrons. The molecule has 1 aromatic carbocycles. The average Bonchev–Trinajstić information content (AvgIpc) is 3.29. The van der Waals surface area contributed by atoms with Gasteiger partial charge >= 0.3 is 6.61 Å². The van der Waals surface area contributed by atoms with Gasteiger partial charge in [-0.3, -0.25) is 4.90 Å². The smallest absolute Gasteiger partial charge is 0.387 e. The van der Waals surface area contributed by atoms with Crippen LogP contribution in [0.5, 0.6) is 5.75 Å². The van der Waals surface area contributed by atoms with E-state index in [2.05, 4.69) is 23.6 Å². The lowest BCUT2D eigenvalue weighted by atomic mass is 9.91. The molecule has 2 N–H and O–H groups in total. The van der Waals surface area contributed by atoms with E-state index in [4.69, 9.17) is 5.73 Å². The van der Waals surface area contributed by atoms with Crippen LogP contribution in [-0.2, 0) is 6.42 Å². The largest absolute Gasteiger partial charge is 0.435 e. The zero-order valence-electron chi connectivity index (χ0n) is 12.7. The van der Waals surface area contributed by atoms with Crippen LogP contribution in [0, 0.1) is 0 Å². The van der Waals surface area contributed by atoms with E-state index in [9.17, 15) is 8.78 Å². The summed E-state index contributed by atoms with van der Waals surface area (Å²) in [6.45, 7) is 0.0372. The van der Waals surface area contributed by atoms with Crippen molar-refractivity contribution < 1.29 is 13.5 Å². The number of nitrogens with two attached hydrogens (primary N) is 1. The normalized spacial score (nSPS) is 18.0. The maximum atomic E-state index is 12.1. The topological polar surface area (TPSA) is 38.5 Å². The fourth-order valence-corrected chi connectivity index (χ4v) is 2.58. The molecule has 1 aromatic rings. The second-order valence-electron chi connectivity index (χ2n) is 6.07. The first-order chi connectivity index (χ1) is 9.94. The number of ether oxygens (including phenoxy) is 1. The molecular formula is C16H24F2N2O. The fraction of sp³-hybridized carbons (Fsp3) is 0.625. The van der Waals surface area contributed by atoms with Crippen LogP contribution in [0.1, 0.15) is 31.7 Å². The van der Waals surface area contributed by atoms with Crippen molar-refractivity contribution in [3.8, 4) is 5.75 Å². The van der Waals surface area contributed by atoms with E-state index in [0.29, 0.717) is 12.6 Å². The highest BCUT2D eigenvalue weighted by Gasteiger charge is 2.37. The molecule has 0 aliphatic heterocycles. The number of halogens is 2. The number of likely N-dealkylation sites (N-methyl/N-ethyl adjacent to an activating group) is 1. The SMILES string of the molecule is CN(C1CC1)C(C)(CN)CCc1ccc(OC(F)F)cc1. The Labute approximate surface area is 125 Å². The number of alkyl halides is 2. The van der Waals surface area contributed by atoms with Gasteiger partial charge in [0.05, 0.1) is 0 Å². The van der Waals surface area contributed by atoms with Crippen LogP contribution >= 0.6 is 0 Å². The Morgan fingerprint density at radius 3 is 2.43 bits per heavy atom. The van der Waals surface area contributed by atoms with Gasteiger partial charge in [0.15, 0.2) is 0 Å². The summed E-state index contributed by atoms with van der Waals surface area (Å²) in [5.41, 5.74) is 7.07. The molecule has 1 unspecified atom stereocenters. The first kappa shape index (κ1) is 16.2. The van der Waals surface area contributed by atoms with Gasteiger partial charge in [-0.1, -0.05) is 12.1 Å². The van der Waals surface area contributed by atoms with Crippen molar-refractivity contribution in [3.63, 3.8) is 0 Å². The lowest BCUT2D eigenvalue weighted by Crippen LogP contribution is -2.51. The van der Waals surface area contributed by atoms with Gasteiger partial charge in [-0.25, -0.2) is 0 Å². The molecule has 0 amide bonds. The number of rotatable bonds is 8. The Morgan fingerprint density at radius 2 is 1.95 bits per heavy atom. The van der Waals surface area contributed by atoms with Gasteiger partial charge in [-0.05, 0) is 57.4 Å². The zero-order chi connectivity index (χ0) is 15.5. The number of hydrogen-bond acceptors (Lipinski definition) is 3. The van der Waals surface area contributed by atoms with Gasteiger partial charge in [0, 0.05) is 18.1 Å². The molecule has 5 heteroatoms. The van der Waals surface area contributed by atoms with E-state index in [-0.39, 0.29) is 11.3 Å². The third kappa shape index (κ3) is 4.38. The van der Waals surface area contributed by atoms with Crippen LogP contribution in [0.25, 0.3) is 0 Å². The molecule has 3 nitrogen and oxygen atoms in total. The van der Waals surface area contributed by atoms with Gasteiger partial charge in [0.25, 0.3) is 0 Å². The molecule has 0 aromatic heterocycles. The van der Waals surface area contributed by atoms with Crippen molar-refractivity contribution in [2.24, 2.45) is 5.73 Å². The maximum absolute atomic E-state index is 12.1. The molecular weight excluding hydrogens is 274 g/mol. The van der Waals surface area contributed by atoms with E-state index >= 15 is 0 Å². The minimum Gasteiger partial charge on any atom is -0.435 e. The molecule has 1 saturated carbocycles. The van der Waals surface area contributed by atoms with Crippen LogP contribution in [0.3, 0.4) is 0 Å². The van der Waals surface area contributed by atoms with Crippen LogP contribution in [-0.4, -0.2) is 36.7 Å². The van der Waals surface area contributed by atoms with E-state index in [1.807, 2.05) is 12.1 Å². The number of hydrogen-bond donors (Lipinski definition) is 1. The van der Waals surface area contributed by atoms with Crippen LogP contribution in [0.4, 0.5) is 8.78 Å². The summed E-state index contributed by atoms with van der Waals surface area (Å²) in [4.78, 5) is 2.39. The van der Waals surface area contributed by atoms with Crippen molar-refractivity contribution in [3.05, 3.63) is 29.8 Å². The molecule has 1 aliphatic carbocycles. The first-order valence-corrected chi connectivity index (χ1v) is 7.41. The van der Waals surface area contributed by atoms with Crippen molar-refractivity contribution in [2.45, 2.75) is 50.8 Å². The second-order valence-corrected chi connectivity index (χ2v) is 6.07. The number of benzene rings is 1. The van der Waals surface area contributed by atoms with Crippen LogP contribution < -0.4 is 10.5 Å². The molecule has 0 bridgehead atoms. The fourth-order valence-electron chi connectivity index (χ4n) is 2.58. The summed E-state index contributed by atoms with van der Waals surface area (Å²) < 4.78 is 28.6. The molecule has 0 saturated heterocycles. The lowest BCUT2D eigenvalue weighted by Gasteiger charge is -2.38. The highest BCUT2D eigenvalue weighted by atomic mass is 19.3. The lowest BCUT2D eigenvalue weighted by molar-refractivity contribution is -0.0498. The summed E-state index contributed by atoms with van der Waals surface area (Å²) in [5, 5.41) is 0. The predicted molar refractivity (Wildman–Crippen MR) is 79.6 cm³/mol. The molecule has 2 rings (SSSR count). The summed E-state index contributed by atoms with van der Waals surface area (Å²) in [7, 11) is 2.14. The van der Waals surface area contributed by atoms with Crippen LogP contribution in [0.2, 0.25) is 0 Å². The quantitative estimate of drug-likeness (QED) is 0.801. The highest BCUT2D eigenvalue weighted by molar-refractivity contribution is 5.27. The third-order valence-corrected chi connectivity index (χ3v) is 4.49. The standard InChI is InChI=1S/C16H24F2N2O/c1-16(11-19,20(2)13-5-6-13)10-9-12-3-7-14(8-4-12)21-15(17)18/h3-4,7-8,13,15H,5-6,9-11,19H2,1-2H3. The van der Waals surface area contributed by atoms with Gasteiger partial charge in [0.2, 0.25) is 0 Å². The first-order valence-electron chi connectivity index (χ1n) is 7.41. The van der Waals surface area contributed by atoms with E-state index in [1.165, 1.54) is 12.8 Å². The Balaban J connectivity index is 1.91. The van der Waals surface area contributed by atoms with Crippen molar-refractivity contribution in [1.82, 2.24) is 4.90 Å². The van der Waals surface area contributed by atoms with E-state index < -0.39 is 6.61 Å². The molecule has 0 heterocycles. The summed E-state index contributed by atoms with van der Waals surface area (Å²) in [5.74, 6) is 0.199. The Kier molecular flexibility index (Phi) is 5.17. The molecule has 1 fully saturated rings. The Bertz CT molecular complexity index is 448. The highest BCUT2D eigenvalue weighted by Crippen LogP contribution is 2.33. The minimum absolute atomic E-state index is 0.0146. The molecule has 1 aliphatic rings. The molecule has 1 atom stereocenters. The number of nitrogens with zero attached hydrogens (tertiary/aromatic N) is 1. The van der Waals surface area contributed by atoms with Gasteiger partial charge < -0.3 is 10.5 Å². The van der Waals surface area contributed by atoms with Crippen molar-refractivity contribution >= 4 is 0 Å². The average molecular weight is 298 g/mol. The predicted octanol–water partition coefficient (Wildman–Crippen LogP) is 3.03. The molecule has 0 radical (unpaired) electrons. The van der Waals surface area contributed by atoms with Crippen LogP contribution in [0.15, 0.2) is 24.3 Å². The van der Waals surface area contributed by atoms with Gasteiger partial charge in [-0.15, -0.1) is 0 Å². The Hall–Kier alpha value is -1.20. The molecule has 0 spiro atoms. The van der Waals surface area contributed by atoms with Gasteiger partial charge in [-0.2, -0.15) is 8.78 Å². The zero-order valence-corrected chi connectivity index (χ0v) is 12.7. The number of aryl methyl sites for hydroxylation is 1. The molecule has 21 heavy (non-hydrogen) atoms.